The summed E-state index contributed by atoms with van der Waals surface area (Å²) in [7, 11) is 3.21. The fourth-order valence-corrected chi connectivity index (χ4v) is 0.741. The third kappa shape index (κ3) is 6.82. The van der Waals surface area contributed by atoms with Crippen LogP contribution in [0.25, 0.3) is 0 Å². The van der Waals surface area contributed by atoms with E-state index in [4.69, 9.17) is 0 Å². The summed E-state index contributed by atoms with van der Waals surface area (Å²) in [5, 5.41) is 0. The van der Waals surface area contributed by atoms with Crippen molar-refractivity contribution < 1.29 is 14.3 Å². The van der Waals surface area contributed by atoms with Gasteiger partial charge in [0.15, 0.2) is 6.29 Å². The van der Waals surface area contributed by atoms with Gasteiger partial charge in [0, 0.05) is 19.8 Å². The molecule has 0 aliphatic heterocycles. The van der Waals surface area contributed by atoms with Gasteiger partial charge in [-0.3, -0.25) is 4.79 Å². The molecule has 0 aliphatic rings. The van der Waals surface area contributed by atoms with E-state index in [-0.39, 0.29) is 6.29 Å². The minimum Gasteiger partial charge on any atom is -0.356 e. The van der Waals surface area contributed by atoms with E-state index in [0.29, 0.717) is 0 Å². The zero-order valence-electron chi connectivity index (χ0n) is 9.69. The van der Waals surface area contributed by atoms with Crippen molar-refractivity contribution in [1.29, 1.82) is 0 Å². The smallest absolute Gasteiger partial charge is 0.154 e. The standard InChI is InChI=1S/C8H8O.C4H10O2/c1-7-2-4-8(6-9)5-3-7;1-4(5-2)6-3/h2-6H,1H3;4H,1-3H3. The topological polar surface area (TPSA) is 35.5 Å². The normalized spacial score (nSPS) is 9.40. The Morgan fingerprint density at radius 1 is 1.13 bits per heavy atom. The highest BCUT2D eigenvalue weighted by atomic mass is 16.7. The summed E-state index contributed by atoms with van der Waals surface area (Å²) in [6.07, 6.45) is 0.782. The first-order valence-corrected chi connectivity index (χ1v) is 4.71. The zero-order valence-corrected chi connectivity index (χ0v) is 9.69. The van der Waals surface area contributed by atoms with Crippen LogP contribution >= 0.6 is 0 Å². The van der Waals surface area contributed by atoms with Crippen LogP contribution in [0.1, 0.15) is 22.8 Å². The van der Waals surface area contributed by atoms with E-state index in [1.807, 2.05) is 38.1 Å². The van der Waals surface area contributed by atoms with E-state index in [1.54, 1.807) is 14.2 Å². The summed E-state index contributed by atoms with van der Waals surface area (Å²) in [6, 6.07) is 7.46. The Morgan fingerprint density at radius 2 is 1.60 bits per heavy atom. The van der Waals surface area contributed by atoms with E-state index in [0.717, 1.165) is 11.8 Å². The van der Waals surface area contributed by atoms with Crippen LogP contribution in [0.3, 0.4) is 0 Å². The number of rotatable bonds is 3. The maximum atomic E-state index is 10.1. The van der Waals surface area contributed by atoms with Gasteiger partial charge in [-0.15, -0.1) is 0 Å². The number of hydrogen-bond acceptors (Lipinski definition) is 3. The minimum absolute atomic E-state index is 0.0648. The molecular weight excluding hydrogens is 192 g/mol. The van der Waals surface area contributed by atoms with Gasteiger partial charge in [0.2, 0.25) is 0 Å². The number of carbonyl (C=O) groups is 1. The van der Waals surface area contributed by atoms with Crippen molar-refractivity contribution >= 4 is 6.29 Å². The molecule has 0 N–H and O–H groups in total. The molecule has 84 valence electrons. The first-order chi connectivity index (χ1) is 7.13. The molecule has 0 saturated heterocycles. The molecule has 0 spiro atoms. The quantitative estimate of drug-likeness (QED) is 0.567. The first kappa shape index (κ1) is 13.8. The highest BCUT2D eigenvalue weighted by Crippen LogP contribution is 1.98. The molecule has 0 bridgehead atoms. The molecule has 1 rings (SSSR count). The van der Waals surface area contributed by atoms with Crippen molar-refractivity contribution in [3.63, 3.8) is 0 Å². The second kappa shape index (κ2) is 8.15. The second-order valence-electron chi connectivity index (χ2n) is 3.07. The lowest BCUT2D eigenvalue weighted by Crippen LogP contribution is -2.05. The van der Waals surface area contributed by atoms with Crippen LogP contribution in [-0.2, 0) is 9.47 Å². The molecule has 0 aliphatic carbocycles. The second-order valence-corrected chi connectivity index (χ2v) is 3.07. The molecule has 1 aromatic rings. The van der Waals surface area contributed by atoms with Crippen LogP contribution in [0.5, 0.6) is 0 Å². The summed E-state index contributed by atoms with van der Waals surface area (Å²) in [5.41, 5.74) is 1.92. The number of aryl methyl sites for hydroxylation is 1. The molecule has 0 radical (unpaired) electrons. The highest BCUT2D eigenvalue weighted by Gasteiger charge is 1.88. The molecule has 0 saturated carbocycles. The Hall–Kier alpha value is -1.19. The first-order valence-electron chi connectivity index (χ1n) is 4.71. The van der Waals surface area contributed by atoms with Crippen molar-refractivity contribution in [2.24, 2.45) is 0 Å². The molecule has 3 nitrogen and oxygen atoms in total. The monoisotopic (exact) mass is 210 g/mol. The number of carbonyl (C=O) groups excluding carboxylic acids is 1. The summed E-state index contributed by atoms with van der Waals surface area (Å²) < 4.78 is 9.35. The van der Waals surface area contributed by atoms with Gasteiger partial charge in [-0.05, 0) is 13.8 Å². The van der Waals surface area contributed by atoms with E-state index in [1.165, 1.54) is 5.56 Å². The number of benzene rings is 1. The molecule has 0 atom stereocenters. The number of methoxy groups -OCH3 is 2. The lowest BCUT2D eigenvalue weighted by atomic mass is 10.2. The van der Waals surface area contributed by atoms with Crippen LogP contribution in [0.2, 0.25) is 0 Å². The van der Waals surface area contributed by atoms with Gasteiger partial charge in [-0.2, -0.15) is 0 Å². The molecule has 0 heterocycles. The molecule has 3 heteroatoms. The Labute approximate surface area is 91.0 Å². The lowest BCUT2D eigenvalue weighted by Gasteiger charge is -2.03. The molecule has 0 amide bonds. The number of aldehydes is 1. The van der Waals surface area contributed by atoms with Gasteiger partial charge in [-0.25, -0.2) is 0 Å². The third-order valence-electron chi connectivity index (χ3n) is 1.88. The molecule has 0 fully saturated rings. The zero-order chi connectivity index (χ0) is 11.7. The molecule has 0 unspecified atom stereocenters. The van der Waals surface area contributed by atoms with Crippen LogP contribution in [0, 0.1) is 6.92 Å². The maximum Gasteiger partial charge on any atom is 0.154 e. The highest BCUT2D eigenvalue weighted by molar-refractivity contribution is 5.74. The largest absolute Gasteiger partial charge is 0.356 e. The number of ether oxygens (including phenoxy) is 2. The van der Waals surface area contributed by atoms with Gasteiger partial charge in [0.1, 0.15) is 6.29 Å². The van der Waals surface area contributed by atoms with Crippen molar-refractivity contribution in [3.8, 4) is 0 Å². The van der Waals surface area contributed by atoms with Crippen molar-refractivity contribution in [3.05, 3.63) is 35.4 Å². The molecular formula is C12H18O3. The summed E-state index contributed by atoms with van der Waals surface area (Å²) in [6.45, 7) is 3.83. The Kier molecular flexibility index (Phi) is 7.50. The van der Waals surface area contributed by atoms with Gasteiger partial charge in [-0.1, -0.05) is 29.8 Å². The Morgan fingerprint density at radius 3 is 1.87 bits per heavy atom. The van der Waals surface area contributed by atoms with Gasteiger partial charge in [0.05, 0.1) is 0 Å². The lowest BCUT2D eigenvalue weighted by molar-refractivity contribution is -0.0877. The molecule has 1 aromatic carbocycles. The van der Waals surface area contributed by atoms with Crippen molar-refractivity contribution in [1.82, 2.24) is 0 Å². The van der Waals surface area contributed by atoms with Gasteiger partial charge < -0.3 is 9.47 Å². The summed E-state index contributed by atoms with van der Waals surface area (Å²) in [4.78, 5) is 10.1. The molecule has 0 aromatic heterocycles. The van der Waals surface area contributed by atoms with Crippen LogP contribution in [0.4, 0.5) is 0 Å². The average molecular weight is 210 g/mol. The van der Waals surface area contributed by atoms with E-state index < -0.39 is 0 Å². The van der Waals surface area contributed by atoms with Gasteiger partial charge >= 0.3 is 0 Å². The number of hydrogen-bond donors (Lipinski definition) is 0. The maximum absolute atomic E-state index is 10.1. The van der Waals surface area contributed by atoms with E-state index >= 15 is 0 Å². The fourth-order valence-electron chi connectivity index (χ4n) is 0.741. The van der Waals surface area contributed by atoms with E-state index in [2.05, 4.69) is 9.47 Å². The van der Waals surface area contributed by atoms with Gasteiger partial charge in [0.25, 0.3) is 0 Å². The molecule has 15 heavy (non-hydrogen) atoms. The fraction of sp³-hybridized carbons (Fsp3) is 0.417. The SMILES string of the molecule is COC(C)OC.Cc1ccc(C=O)cc1. The minimum atomic E-state index is -0.0648. The Balaban J connectivity index is 0.000000288. The predicted molar refractivity (Wildman–Crippen MR) is 60.0 cm³/mol. The Bertz CT molecular complexity index is 263. The van der Waals surface area contributed by atoms with E-state index in [9.17, 15) is 4.79 Å². The third-order valence-corrected chi connectivity index (χ3v) is 1.88. The summed E-state index contributed by atoms with van der Waals surface area (Å²) >= 11 is 0. The van der Waals surface area contributed by atoms with Crippen molar-refractivity contribution in [2.75, 3.05) is 14.2 Å². The van der Waals surface area contributed by atoms with Crippen LogP contribution < -0.4 is 0 Å². The van der Waals surface area contributed by atoms with Crippen LogP contribution in [-0.4, -0.2) is 26.8 Å². The summed E-state index contributed by atoms with van der Waals surface area (Å²) in [5.74, 6) is 0. The van der Waals surface area contributed by atoms with Crippen LogP contribution in [0.15, 0.2) is 24.3 Å². The average Bonchev–Trinajstić information content (AvgIpc) is 2.30. The van der Waals surface area contributed by atoms with Crippen molar-refractivity contribution in [2.45, 2.75) is 20.1 Å². The predicted octanol–water partition coefficient (Wildman–Crippen LogP) is 2.43.